The minimum Gasteiger partial charge on any atom is -0.282 e. The van der Waals surface area contributed by atoms with E-state index in [0.717, 1.165) is 13.8 Å². The summed E-state index contributed by atoms with van der Waals surface area (Å²) in [6.07, 6.45) is 0. The molecule has 0 spiro atoms. The highest BCUT2D eigenvalue weighted by Crippen LogP contribution is 2.42. The molecular formula is C14H14O12S4. The summed E-state index contributed by atoms with van der Waals surface area (Å²) in [7, 11) is -21.4. The van der Waals surface area contributed by atoms with Crippen LogP contribution >= 0.6 is 0 Å². The van der Waals surface area contributed by atoms with E-state index in [0.29, 0.717) is 24.3 Å². The summed E-state index contributed by atoms with van der Waals surface area (Å²) in [4.78, 5) is -5.19. The maximum absolute atomic E-state index is 11.9. The highest BCUT2D eigenvalue weighted by molar-refractivity contribution is 7.87. The predicted molar refractivity (Wildman–Crippen MR) is 101 cm³/mol. The highest BCUT2D eigenvalue weighted by atomic mass is 32.2. The van der Waals surface area contributed by atoms with Gasteiger partial charge in [0.05, 0.1) is 0 Å². The van der Waals surface area contributed by atoms with Crippen LogP contribution in [-0.2, 0) is 40.5 Å². The Hall–Kier alpha value is -1.92. The van der Waals surface area contributed by atoms with Crippen molar-refractivity contribution < 1.29 is 51.9 Å². The molecule has 0 aliphatic rings. The van der Waals surface area contributed by atoms with Crippen LogP contribution in [0.25, 0.3) is 11.1 Å². The quantitative estimate of drug-likeness (QED) is 0.420. The van der Waals surface area contributed by atoms with Gasteiger partial charge >= 0.3 is 0 Å². The Morgan fingerprint density at radius 1 is 0.467 bits per heavy atom. The molecule has 16 heteroatoms. The van der Waals surface area contributed by atoms with Gasteiger partial charge < -0.3 is 0 Å². The minimum atomic E-state index is -5.35. The first-order valence-electron chi connectivity index (χ1n) is 7.44. The summed E-state index contributed by atoms with van der Waals surface area (Å²) >= 11 is 0. The molecule has 0 saturated heterocycles. The predicted octanol–water partition coefficient (Wildman–Crippen LogP) is 0.957. The van der Waals surface area contributed by atoms with Crippen LogP contribution in [0.1, 0.15) is 11.1 Å². The lowest BCUT2D eigenvalue weighted by Crippen LogP contribution is -2.14. The van der Waals surface area contributed by atoms with E-state index in [1.807, 2.05) is 0 Å². The standard InChI is InChI=1S/C14H14O12S4/c1-7-3-9(27(15,16)17)13(10(4-7)28(18,19)20)14-11(29(21,22)23)5-8(2)6-12(14)30(24,25)26/h3-6H,1-2H3,(H,15,16,17)(H,18,19,20)(H,21,22,23)(H,24,25,26). The molecule has 12 nitrogen and oxygen atoms in total. The van der Waals surface area contributed by atoms with Gasteiger partial charge in [-0.3, -0.25) is 18.2 Å². The van der Waals surface area contributed by atoms with Crippen molar-refractivity contribution in [3.8, 4) is 11.1 Å². The van der Waals surface area contributed by atoms with Crippen LogP contribution < -0.4 is 0 Å². The molecule has 0 aliphatic carbocycles. The molecule has 2 aromatic rings. The molecular weight excluding hydrogens is 488 g/mol. The molecule has 0 unspecified atom stereocenters. The fourth-order valence-corrected chi connectivity index (χ4v) is 6.10. The van der Waals surface area contributed by atoms with Crippen LogP contribution in [0, 0.1) is 13.8 Å². The fraction of sp³-hybridized carbons (Fsp3) is 0.143. The van der Waals surface area contributed by atoms with Crippen LogP contribution in [0.15, 0.2) is 43.8 Å². The Kier molecular flexibility index (Phi) is 5.96. The first kappa shape index (κ1) is 24.4. The SMILES string of the molecule is Cc1cc(S(=O)(=O)O)c(-c2c(S(=O)(=O)O)cc(C)cc2S(=O)(=O)O)c(S(=O)(=O)O)c1. The lowest BCUT2D eigenvalue weighted by atomic mass is 10.0. The van der Waals surface area contributed by atoms with Gasteiger partial charge in [0, 0.05) is 11.1 Å². The van der Waals surface area contributed by atoms with Crippen molar-refractivity contribution in [1.29, 1.82) is 0 Å². The first-order chi connectivity index (χ1) is 13.2. The average molecular weight is 503 g/mol. The van der Waals surface area contributed by atoms with E-state index >= 15 is 0 Å². The third kappa shape index (κ3) is 4.86. The van der Waals surface area contributed by atoms with Crippen LogP contribution in [0.2, 0.25) is 0 Å². The molecule has 0 bridgehead atoms. The third-order valence-corrected chi connectivity index (χ3v) is 7.29. The van der Waals surface area contributed by atoms with E-state index < -0.39 is 71.2 Å². The molecule has 0 radical (unpaired) electrons. The number of benzene rings is 2. The molecule has 0 aliphatic heterocycles. The topological polar surface area (TPSA) is 217 Å². The van der Waals surface area contributed by atoms with Crippen LogP contribution in [0.3, 0.4) is 0 Å². The van der Waals surface area contributed by atoms with Crippen LogP contribution in [0.5, 0.6) is 0 Å². The first-order valence-corrected chi connectivity index (χ1v) is 13.2. The van der Waals surface area contributed by atoms with E-state index in [1.165, 1.54) is 0 Å². The molecule has 0 fully saturated rings. The molecule has 166 valence electrons. The van der Waals surface area contributed by atoms with Gasteiger partial charge in [0.2, 0.25) is 0 Å². The second kappa shape index (κ2) is 7.34. The largest absolute Gasteiger partial charge is 0.295 e. The van der Waals surface area contributed by atoms with Crippen molar-refractivity contribution in [1.82, 2.24) is 0 Å². The smallest absolute Gasteiger partial charge is 0.282 e. The maximum Gasteiger partial charge on any atom is 0.295 e. The van der Waals surface area contributed by atoms with Crippen molar-refractivity contribution >= 4 is 40.5 Å². The van der Waals surface area contributed by atoms with Crippen LogP contribution in [-0.4, -0.2) is 51.9 Å². The van der Waals surface area contributed by atoms with Gasteiger partial charge in [-0.2, -0.15) is 33.7 Å². The zero-order chi connectivity index (χ0) is 23.4. The fourth-order valence-electron chi connectivity index (χ4n) is 2.75. The summed E-state index contributed by atoms with van der Waals surface area (Å²) in [6.45, 7) is 2.32. The number of hydrogen-bond acceptors (Lipinski definition) is 8. The molecule has 30 heavy (non-hydrogen) atoms. The molecule has 2 aromatic carbocycles. The van der Waals surface area contributed by atoms with Gasteiger partial charge in [-0.1, -0.05) is 0 Å². The summed E-state index contributed by atoms with van der Waals surface area (Å²) < 4.78 is 133. The molecule has 0 saturated carbocycles. The van der Waals surface area contributed by atoms with Gasteiger partial charge in [0.15, 0.2) is 0 Å². The highest BCUT2D eigenvalue weighted by Gasteiger charge is 2.34. The van der Waals surface area contributed by atoms with Crippen LogP contribution in [0.4, 0.5) is 0 Å². The van der Waals surface area contributed by atoms with Crippen molar-refractivity contribution in [3.05, 3.63) is 35.4 Å². The zero-order valence-electron chi connectivity index (χ0n) is 15.0. The van der Waals surface area contributed by atoms with Gasteiger partial charge in [-0.25, -0.2) is 0 Å². The summed E-state index contributed by atoms with van der Waals surface area (Å²) in [5.41, 5.74) is -2.86. The molecule has 2 rings (SSSR count). The summed E-state index contributed by atoms with van der Waals surface area (Å²) in [6, 6.07) is 2.67. The average Bonchev–Trinajstić information content (AvgIpc) is 2.50. The van der Waals surface area contributed by atoms with Crippen molar-refractivity contribution in [2.45, 2.75) is 33.4 Å². The summed E-state index contributed by atoms with van der Waals surface area (Å²) in [5.74, 6) is 0. The Labute approximate surface area is 172 Å². The van der Waals surface area contributed by atoms with Gasteiger partial charge in [-0.15, -0.1) is 0 Å². The lowest BCUT2D eigenvalue weighted by Gasteiger charge is -2.18. The Balaban J connectivity index is 3.45. The van der Waals surface area contributed by atoms with E-state index in [2.05, 4.69) is 0 Å². The minimum absolute atomic E-state index is 0.145. The maximum atomic E-state index is 11.9. The van der Waals surface area contributed by atoms with E-state index in [9.17, 15) is 51.9 Å². The van der Waals surface area contributed by atoms with E-state index in [1.54, 1.807) is 0 Å². The second-order valence-electron chi connectivity index (χ2n) is 6.17. The molecule has 0 amide bonds. The summed E-state index contributed by atoms with van der Waals surface area (Å²) in [5, 5.41) is 0. The second-order valence-corrected chi connectivity index (χ2v) is 11.7. The molecule has 0 aromatic heterocycles. The molecule has 4 N–H and O–H groups in total. The Morgan fingerprint density at radius 2 is 0.633 bits per heavy atom. The lowest BCUT2D eigenvalue weighted by molar-refractivity contribution is 0.474. The third-order valence-electron chi connectivity index (χ3n) is 3.78. The van der Waals surface area contributed by atoms with Crippen molar-refractivity contribution in [3.63, 3.8) is 0 Å². The van der Waals surface area contributed by atoms with E-state index in [-0.39, 0.29) is 11.1 Å². The van der Waals surface area contributed by atoms with E-state index in [4.69, 9.17) is 0 Å². The van der Waals surface area contributed by atoms with Gasteiger partial charge in [-0.05, 0) is 49.2 Å². The molecule has 0 atom stereocenters. The van der Waals surface area contributed by atoms with Crippen molar-refractivity contribution in [2.75, 3.05) is 0 Å². The number of rotatable bonds is 5. The monoisotopic (exact) mass is 502 g/mol. The molecule has 0 heterocycles. The number of hydrogen-bond donors (Lipinski definition) is 4. The van der Waals surface area contributed by atoms with Crippen molar-refractivity contribution in [2.24, 2.45) is 0 Å². The normalized spacial score (nSPS) is 13.4. The van der Waals surface area contributed by atoms with Gasteiger partial charge in [0.25, 0.3) is 40.5 Å². The number of aryl methyl sites for hydroxylation is 2. The Morgan fingerprint density at radius 3 is 0.767 bits per heavy atom. The van der Waals surface area contributed by atoms with Gasteiger partial charge in [0.1, 0.15) is 19.6 Å². The zero-order valence-corrected chi connectivity index (χ0v) is 18.3. The Bertz CT molecular complexity index is 1260.